The predicted molar refractivity (Wildman–Crippen MR) is 54.1 cm³/mol. The van der Waals surface area contributed by atoms with Gasteiger partial charge >= 0.3 is 0 Å². The maximum Gasteiger partial charge on any atom is 0.115 e. The minimum absolute atomic E-state index is 0. The normalized spacial score (nSPS) is 17.8. The first-order valence-electron chi connectivity index (χ1n) is 4.43. The molecule has 1 aromatic heterocycles. The zero-order valence-electron chi connectivity index (χ0n) is 7.44. The summed E-state index contributed by atoms with van der Waals surface area (Å²) in [6, 6.07) is 2.02. The molecule has 0 bridgehead atoms. The van der Waals surface area contributed by atoms with Gasteiger partial charge in [-0.2, -0.15) is 0 Å². The van der Waals surface area contributed by atoms with Crippen molar-refractivity contribution < 1.29 is 0 Å². The van der Waals surface area contributed by atoms with E-state index in [-0.39, 0.29) is 12.4 Å². The van der Waals surface area contributed by atoms with Gasteiger partial charge in [-0.15, -0.1) is 12.4 Å². The molecule has 0 atom stereocenters. The summed E-state index contributed by atoms with van der Waals surface area (Å²) in [6.07, 6.45) is 5.87. The molecule has 2 rings (SSSR count). The Balaban J connectivity index is 0.000000845. The smallest absolute Gasteiger partial charge is 0.115 e. The SMILES string of the molecule is Cl.c1cc(C2CCNCC2)ncn1. The molecule has 1 aliphatic heterocycles. The van der Waals surface area contributed by atoms with Gasteiger partial charge in [0.2, 0.25) is 0 Å². The largest absolute Gasteiger partial charge is 0.317 e. The van der Waals surface area contributed by atoms with Gasteiger partial charge < -0.3 is 5.32 Å². The number of piperidine rings is 1. The highest BCUT2D eigenvalue weighted by Crippen LogP contribution is 2.22. The highest BCUT2D eigenvalue weighted by molar-refractivity contribution is 5.85. The average Bonchev–Trinajstić information content (AvgIpc) is 2.21. The monoisotopic (exact) mass is 199 g/mol. The van der Waals surface area contributed by atoms with E-state index in [2.05, 4.69) is 15.3 Å². The van der Waals surface area contributed by atoms with Crippen LogP contribution in [-0.4, -0.2) is 23.1 Å². The number of aromatic nitrogens is 2. The van der Waals surface area contributed by atoms with Crippen molar-refractivity contribution in [3.63, 3.8) is 0 Å². The Kier molecular flexibility index (Phi) is 4.12. The van der Waals surface area contributed by atoms with Crippen LogP contribution in [0.15, 0.2) is 18.6 Å². The van der Waals surface area contributed by atoms with E-state index in [9.17, 15) is 0 Å². The quantitative estimate of drug-likeness (QED) is 0.743. The molecule has 2 heterocycles. The zero-order valence-corrected chi connectivity index (χ0v) is 8.26. The van der Waals surface area contributed by atoms with Crippen molar-refractivity contribution in [2.45, 2.75) is 18.8 Å². The number of nitrogens with zero attached hydrogens (tertiary/aromatic N) is 2. The van der Waals surface area contributed by atoms with Crippen LogP contribution in [0.5, 0.6) is 0 Å². The van der Waals surface area contributed by atoms with E-state index in [1.165, 1.54) is 18.5 Å². The van der Waals surface area contributed by atoms with Crippen molar-refractivity contribution in [1.29, 1.82) is 0 Å². The third-order valence-corrected chi connectivity index (χ3v) is 2.36. The second-order valence-electron chi connectivity index (χ2n) is 3.16. The lowest BCUT2D eigenvalue weighted by atomic mass is 9.95. The number of nitrogens with one attached hydrogen (secondary N) is 1. The molecular formula is C9H14ClN3. The van der Waals surface area contributed by atoms with Crippen molar-refractivity contribution in [3.05, 3.63) is 24.3 Å². The van der Waals surface area contributed by atoms with E-state index in [1.807, 2.05) is 12.3 Å². The number of rotatable bonds is 1. The lowest BCUT2D eigenvalue weighted by molar-refractivity contribution is 0.453. The van der Waals surface area contributed by atoms with Gasteiger partial charge in [0.25, 0.3) is 0 Å². The van der Waals surface area contributed by atoms with Gasteiger partial charge in [0, 0.05) is 17.8 Å². The third kappa shape index (κ3) is 2.64. The van der Waals surface area contributed by atoms with Crippen LogP contribution in [-0.2, 0) is 0 Å². The Morgan fingerprint density at radius 2 is 2.08 bits per heavy atom. The van der Waals surface area contributed by atoms with E-state index < -0.39 is 0 Å². The summed E-state index contributed by atoms with van der Waals surface area (Å²) in [5, 5.41) is 3.34. The number of halogens is 1. The molecule has 0 amide bonds. The molecular weight excluding hydrogens is 186 g/mol. The zero-order chi connectivity index (χ0) is 8.23. The lowest BCUT2D eigenvalue weighted by Gasteiger charge is -2.21. The van der Waals surface area contributed by atoms with Gasteiger partial charge in [-0.25, -0.2) is 9.97 Å². The van der Waals surface area contributed by atoms with Gasteiger partial charge in [-0.1, -0.05) is 0 Å². The minimum Gasteiger partial charge on any atom is -0.317 e. The standard InChI is InChI=1S/C9H13N3.ClH/c1-4-10-5-2-8(1)9-3-6-11-7-12-9;/h3,6-8,10H,1-2,4-5H2;1H. The molecule has 13 heavy (non-hydrogen) atoms. The fourth-order valence-electron chi connectivity index (χ4n) is 1.66. The van der Waals surface area contributed by atoms with Crippen LogP contribution in [0.25, 0.3) is 0 Å². The lowest BCUT2D eigenvalue weighted by Crippen LogP contribution is -2.27. The Hall–Kier alpha value is -0.670. The van der Waals surface area contributed by atoms with E-state index in [4.69, 9.17) is 0 Å². The molecule has 1 fully saturated rings. The van der Waals surface area contributed by atoms with Gasteiger partial charge in [0.05, 0.1) is 0 Å². The van der Waals surface area contributed by atoms with Crippen molar-refractivity contribution in [3.8, 4) is 0 Å². The van der Waals surface area contributed by atoms with Crippen LogP contribution in [0.4, 0.5) is 0 Å². The van der Waals surface area contributed by atoms with E-state index in [1.54, 1.807) is 6.33 Å². The Morgan fingerprint density at radius 1 is 1.31 bits per heavy atom. The molecule has 4 heteroatoms. The van der Waals surface area contributed by atoms with Crippen molar-refractivity contribution in [1.82, 2.24) is 15.3 Å². The van der Waals surface area contributed by atoms with Crippen molar-refractivity contribution >= 4 is 12.4 Å². The first-order valence-corrected chi connectivity index (χ1v) is 4.43. The molecule has 1 saturated heterocycles. The summed E-state index contributed by atoms with van der Waals surface area (Å²) >= 11 is 0. The second kappa shape index (κ2) is 5.14. The molecule has 72 valence electrons. The fraction of sp³-hybridized carbons (Fsp3) is 0.556. The Morgan fingerprint density at radius 3 is 2.69 bits per heavy atom. The van der Waals surface area contributed by atoms with Crippen molar-refractivity contribution in [2.75, 3.05) is 13.1 Å². The van der Waals surface area contributed by atoms with Crippen LogP contribution in [0, 0.1) is 0 Å². The molecule has 0 saturated carbocycles. The molecule has 1 aromatic rings. The average molecular weight is 200 g/mol. The van der Waals surface area contributed by atoms with E-state index in [0.717, 1.165) is 13.1 Å². The molecule has 1 N–H and O–H groups in total. The topological polar surface area (TPSA) is 37.8 Å². The summed E-state index contributed by atoms with van der Waals surface area (Å²) in [4.78, 5) is 8.18. The van der Waals surface area contributed by atoms with Crippen LogP contribution in [0.3, 0.4) is 0 Å². The van der Waals surface area contributed by atoms with Crippen LogP contribution in [0.1, 0.15) is 24.5 Å². The summed E-state index contributed by atoms with van der Waals surface area (Å²) < 4.78 is 0. The number of hydrogen-bond donors (Lipinski definition) is 1. The van der Waals surface area contributed by atoms with Gasteiger partial charge in [-0.05, 0) is 32.0 Å². The number of hydrogen-bond acceptors (Lipinski definition) is 3. The molecule has 0 radical (unpaired) electrons. The molecule has 1 aliphatic rings. The maximum absolute atomic E-state index is 4.26. The fourth-order valence-corrected chi connectivity index (χ4v) is 1.66. The van der Waals surface area contributed by atoms with Crippen molar-refractivity contribution in [2.24, 2.45) is 0 Å². The maximum atomic E-state index is 4.26. The van der Waals surface area contributed by atoms with Crippen LogP contribution in [0.2, 0.25) is 0 Å². The van der Waals surface area contributed by atoms with E-state index in [0.29, 0.717) is 5.92 Å². The minimum atomic E-state index is 0. The summed E-state index contributed by atoms with van der Waals surface area (Å²) in [6.45, 7) is 2.24. The van der Waals surface area contributed by atoms with Gasteiger partial charge in [0.15, 0.2) is 0 Å². The summed E-state index contributed by atoms with van der Waals surface area (Å²) in [5.74, 6) is 0.647. The van der Waals surface area contributed by atoms with Gasteiger partial charge in [0.1, 0.15) is 6.33 Å². The molecule has 3 nitrogen and oxygen atoms in total. The van der Waals surface area contributed by atoms with E-state index >= 15 is 0 Å². The molecule has 0 aliphatic carbocycles. The molecule has 0 spiro atoms. The first-order chi connectivity index (χ1) is 5.97. The highest BCUT2D eigenvalue weighted by atomic mass is 35.5. The van der Waals surface area contributed by atoms with Crippen LogP contribution < -0.4 is 5.32 Å². The molecule has 0 unspecified atom stereocenters. The first kappa shape index (κ1) is 10.4. The van der Waals surface area contributed by atoms with Crippen LogP contribution >= 0.6 is 12.4 Å². The highest BCUT2D eigenvalue weighted by Gasteiger charge is 2.15. The summed E-state index contributed by atoms with van der Waals surface area (Å²) in [7, 11) is 0. The predicted octanol–water partition coefficient (Wildman–Crippen LogP) is 1.37. The Bertz CT molecular complexity index is 234. The van der Waals surface area contributed by atoms with Gasteiger partial charge in [-0.3, -0.25) is 0 Å². The second-order valence-corrected chi connectivity index (χ2v) is 3.16. The molecule has 0 aromatic carbocycles. The Labute approximate surface area is 84.4 Å². The summed E-state index contributed by atoms with van der Waals surface area (Å²) in [5.41, 5.74) is 1.20. The third-order valence-electron chi connectivity index (χ3n) is 2.36.